The highest BCUT2D eigenvalue weighted by atomic mass is 32.1. The molecule has 162 valence electrons. The predicted octanol–water partition coefficient (Wildman–Crippen LogP) is 6.00. The Morgan fingerprint density at radius 2 is 1.90 bits per heavy atom. The second-order valence-corrected chi connectivity index (χ2v) is 10.2. The minimum Gasteiger partial charge on any atom is -0.315 e. The van der Waals surface area contributed by atoms with Crippen molar-refractivity contribution in [3.8, 4) is 6.07 Å². The quantitative estimate of drug-likeness (QED) is 0.480. The number of thiophene rings is 1. The molecular formula is C24H39N3OS. The Bertz CT molecular complexity index is 708. The number of hydrogen-bond donors (Lipinski definition) is 1. The predicted molar refractivity (Wildman–Crippen MR) is 124 cm³/mol. The number of unbranched alkanes of at least 4 members (excludes halogenated alkanes) is 2. The smallest absolute Gasteiger partial charge is 0.239 e. The second kappa shape index (κ2) is 11.1. The fourth-order valence-corrected chi connectivity index (χ4v) is 5.44. The van der Waals surface area contributed by atoms with Gasteiger partial charge in [0.2, 0.25) is 5.91 Å². The van der Waals surface area contributed by atoms with E-state index in [4.69, 9.17) is 0 Å². The monoisotopic (exact) mass is 417 g/mol. The summed E-state index contributed by atoms with van der Waals surface area (Å²) in [6, 6.07) is 2.38. The van der Waals surface area contributed by atoms with Crippen LogP contribution >= 0.6 is 11.3 Å². The van der Waals surface area contributed by atoms with Gasteiger partial charge in [0.1, 0.15) is 11.1 Å². The van der Waals surface area contributed by atoms with E-state index in [-0.39, 0.29) is 5.91 Å². The molecule has 0 aromatic carbocycles. The fraction of sp³-hybridized carbons (Fsp3) is 0.750. The average Bonchev–Trinajstić information content (AvgIpc) is 3.05. The van der Waals surface area contributed by atoms with E-state index in [0.29, 0.717) is 23.4 Å². The summed E-state index contributed by atoms with van der Waals surface area (Å²) >= 11 is 1.64. The highest BCUT2D eigenvalue weighted by molar-refractivity contribution is 7.16. The lowest BCUT2D eigenvalue weighted by molar-refractivity contribution is -0.117. The van der Waals surface area contributed by atoms with Crippen LogP contribution in [0.25, 0.3) is 0 Å². The number of nitrogens with one attached hydrogen (secondary N) is 1. The maximum absolute atomic E-state index is 12.7. The minimum absolute atomic E-state index is 0.0118. The SMILES string of the molecule is CCCCN(CCCC)CC(=O)Nc1sc2c(c1C#N)CCC(C(C)(C)CC)C2. The van der Waals surface area contributed by atoms with E-state index in [1.54, 1.807) is 11.3 Å². The topological polar surface area (TPSA) is 56.1 Å². The number of anilines is 1. The lowest BCUT2D eigenvalue weighted by atomic mass is 9.69. The van der Waals surface area contributed by atoms with Crippen LogP contribution in [-0.2, 0) is 17.6 Å². The Hall–Kier alpha value is -1.38. The van der Waals surface area contributed by atoms with Gasteiger partial charge in [0, 0.05) is 4.88 Å². The van der Waals surface area contributed by atoms with Crippen molar-refractivity contribution in [3.05, 3.63) is 16.0 Å². The average molecular weight is 418 g/mol. The molecule has 0 fully saturated rings. The van der Waals surface area contributed by atoms with Crippen LogP contribution in [0.3, 0.4) is 0 Å². The molecule has 0 radical (unpaired) electrons. The number of carbonyl (C=O) groups is 1. The fourth-order valence-electron chi connectivity index (χ4n) is 4.15. The van der Waals surface area contributed by atoms with Gasteiger partial charge in [0.15, 0.2) is 0 Å². The van der Waals surface area contributed by atoms with Crippen molar-refractivity contribution in [2.75, 3.05) is 25.0 Å². The molecule has 1 aromatic heterocycles. The first-order valence-electron chi connectivity index (χ1n) is 11.4. The molecule has 1 aromatic rings. The molecular weight excluding hydrogens is 378 g/mol. The Kier molecular flexibility index (Phi) is 9.17. The number of amides is 1. The summed E-state index contributed by atoms with van der Waals surface area (Å²) in [5.74, 6) is 0.657. The molecule has 5 heteroatoms. The van der Waals surface area contributed by atoms with Gasteiger partial charge in [-0.25, -0.2) is 0 Å². The zero-order valence-corrected chi connectivity index (χ0v) is 19.9. The summed E-state index contributed by atoms with van der Waals surface area (Å²) in [7, 11) is 0. The molecule has 2 rings (SSSR count). The lowest BCUT2D eigenvalue weighted by Crippen LogP contribution is -2.34. The zero-order chi connectivity index (χ0) is 21.4. The lowest BCUT2D eigenvalue weighted by Gasteiger charge is -2.36. The van der Waals surface area contributed by atoms with Crippen molar-refractivity contribution in [2.24, 2.45) is 11.3 Å². The summed E-state index contributed by atoms with van der Waals surface area (Å²) in [5.41, 5.74) is 2.21. The van der Waals surface area contributed by atoms with Crippen molar-refractivity contribution < 1.29 is 4.79 Å². The molecule has 1 amide bonds. The van der Waals surface area contributed by atoms with Gasteiger partial charge in [-0.2, -0.15) is 5.26 Å². The number of nitrogens with zero attached hydrogens (tertiary/aromatic N) is 2. The van der Waals surface area contributed by atoms with E-state index in [2.05, 4.69) is 50.9 Å². The highest BCUT2D eigenvalue weighted by Gasteiger charge is 2.34. The van der Waals surface area contributed by atoms with Gasteiger partial charge < -0.3 is 5.32 Å². The summed E-state index contributed by atoms with van der Waals surface area (Å²) in [4.78, 5) is 16.3. The third kappa shape index (κ3) is 6.30. The molecule has 0 saturated heterocycles. The van der Waals surface area contributed by atoms with E-state index >= 15 is 0 Å². The normalized spacial score (nSPS) is 16.5. The molecule has 1 aliphatic carbocycles. The van der Waals surface area contributed by atoms with E-state index in [1.165, 1.54) is 16.9 Å². The number of fused-ring (bicyclic) bond motifs is 1. The maximum atomic E-state index is 12.7. The van der Waals surface area contributed by atoms with Crippen LogP contribution in [0.5, 0.6) is 0 Å². The van der Waals surface area contributed by atoms with Crippen LogP contribution in [0.1, 0.15) is 89.1 Å². The third-order valence-electron chi connectivity index (χ3n) is 6.67. The molecule has 29 heavy (non-hydrogen) atoms. The number of carbonyl (C=O) groups excluding carboxylic acids is 1. The largest absolute Gasteiger partial charge is 0.315 e. The third-order valence-corrected chi connectivity index (χ3v) is 7.84. The molecule has 1 aliphatic rings. The van der Waals surface area contributed by atoms with Crippen molar-refractivity contribution in [1.29, 1.82) is 5.26 Å². The van der Waals surface area contributed by atoms with Gasteiger partial charge >= 0.3 is 0 Å². The van der Waals surface area contributed by atoms with Gasteiger partial charge in [-0.15, -0.1) is 11.3 Å². The van der Waals surface area contributed by atoms with E-state index in [9.17, 15) is 10.1 Å². The van der Waals surface area contributed by atoms with Crippen molar-refractivity contribution in [1.82, 2.24) is 4.90 Å². The van der Waals surface area contributed by atoms with Crippen molar-refractivity contribution >= 4 is 22.2 Å². The van der Waals surface area contributed by atoms with Crippen LogP contribution < -0.4 is 5.32 Å². The first kappa shape index (κ1) is 23.9. The summed E-state index contributed by atoms with van der Waals surface area (Å²) < 4.78 is 0. The van der Waals surface area contributed by atoms with Crippen LogP contribution in [-0.4, -0.2) is 30.4 Å². The Morgan fingerprint density at radius 3 is 2.45 bits per heavy atom. The van der Waals surface area contributed by atoms with Crippen molar-refractivity contribution in [2.45, 2.75) is 86.0 Å². The zero-order valence-electron chi connectivity index (χ0n) is 19.1. The molecule has 0 spiro atoms. The molecule has 1 heterocycles. The first-order valence-corrected chi connectivity index (χ1v) is 12.2. The van der Waals surface area contributed by atoms with Gasteiger partial charge in [-0.1, -0.05) is 53.9 Å². The molecule has 1 atom stereocenters. The molecule has 0 saturated carbocycles. The number of rotatable bonds is 11. The minimum atomic E-state index is 0.0118. The standard InChI is InChI=1S/C24H39N3OS/c1-6-9-13-27(14-10-7-2)17-22(28)26-23-20(16-25)19-12-11-18(15-21(19)29-23)24(4,5)8-3/h18H,6-15,17H2,1-5H3,(H,26,28). The van der Waals surface area contributed by atoms with Gasteiger partial charge in [0.25, 0.3) is 0 Å². The maximum Gasteiger partial charge on any atom is 0.239 e. The van der Waals surface area contributed by atoms with E-state index in [1.807, 2.05) is 0 Å². The summed E-state index contributed by atoms with van der Waals surface area (Å²) in [6.45, 7) is 13.7. The number of nitriles is 1. The molecule has 1 N–H and O–H groups in total. The molecule has 1 unspecified atom stereocenters. The molecule has 0 bridgehead atoms. The molecule has 4 nitrogen and oxygen atoms in total. The first-order chi connectivity index (χ1) is 13.9. The highest BCUT2D eigenvalue weighted by Crippen LogP contribution is 2.45. The van der Waals surface area contributed by atoms with Crippen LogP contribution in [0.15, 0.2) is 0 Å². The van der Waals surface area contributed by atoms with E-state index in [0.717, 1.165) is 63.0 Å². The van der Waals surface area contributed by atoms with Gasteiger partial charge in [0.05, 0.1) is 12.1 Å². The Balaban J connectivity index is 2.09. The van der Waals surface area contributed by atoms with Gasteiger partial charge in [-0.05, 0) is 62.1 Å². The van der Waals surface area contributed by atoms with Crippen LogP contribution in [0.2, 0.25) is 0 Å². The Labute approximate surface area is 181 Å². The van der Waals surface area contributed by atoms with Crippen LogP contribution in [0, 0.1) is 22.7 Å². The summed E-state index contributed by atoms with van der Waals surface area (Å²) in [5, 5.41) is 13.6. The van der Waals surface area contributed by atoms with Crippen LogP contribution in [0.4, 0.5) is 5.00 Å². The molecule has 0 aliphatic heterocycles. The second-order valence-electron chi connectivity index (χ2n) is 9.13. The Morgan fingerprint density at radius 1 is 1.24 bits per heavy atom. The van der Waals surface area contributed by atoms with E-state index < -0.39 is 0 Å². The summed E-state index contributed by atoms with van der Waals surface area (Å²) in [6.07, 6.45) is 8.78. The van der Waals surface area contributed by atoms with Gasteiger partial charge in [-0.3, -0.25) is 9.69 Å². The van der Waals surface area contributed by atoms with Crippen molar-refractivity contribution in [3.63, 3.8) is 0 Å². The number of hydrogen-bond acceptors (Lipinski definition) is 4.